The first-order chi connectivity index (χ1) is 19.0. The molecule has 0 radical (unpaired) electrons. The predicted octanol–water partition coefficient (Wildman–Crippen LogP) is 2.07. The van der Waals surface area contributed by atoms with Crippen LogP contribution in [0.1, 0.15) is 51.7 Å². The summed E-state index contributed by atoms with van der Waals surface area (Å²) < 4.78 is 16.3. The summed E-state index contributed by atoms with van der Waals surface area (Å²) in [6.45, 7) is 2.77. The second-order valence-corrected chi connectivity index (χ2v) is 9.33. The van der Waals surface area contributed by atoms with Crippen LogP contribution in [0, 0.1) is 0 Å². The second-order valence-electron chi connectivity index (χ2n) is 8.32. The van der Waals surface area contributed by atoms with Crippen molar-refractivity contribution < 1.29 is 38.5 Å². The molecular weight excluding hydrogens is 540 g/mol. The maximum Gasteiger partial charge on any atom is 0.338 e. The fraction of sp³-hybridized carbons (Fsp3) is 0.214. The zero-order valence-corrected chi connectivity index (χ0v) is 23.1. The molecule has 0 saturated carbocycles. The van der Waals surface area contributed by atoms with Crippen LogP contribution in [0.2, 0.25) is 0 Å². The van der Waals surface area contributed by atoms with E-state index in [-0.39, 0.29) is 11.1 Å². The van der Waals surface area contributed by atoms with Crippen LogP contribution in [-0.4, -0.2) is 54.9 Å². The number of hydrogen-bond acceptors (Lipinski definition) is 10. The molecule has 1 unspecified atom stereocenters. The highest BCUT2D eigenvalue weighted by molar-refractivity contribution is 7.07. The molecule has 0 saturated heterocycles. The number of aromatic nitrogens is 1. The topological polar surface area (TPSA) is 151 Å². The normalized spacial score (nSPS) is 14.2. The van der Waals surface area contributed by atoms with Crippen LogP contribution in [0.4, 0.5) is 0 Å². The summed E-state index contributed by atoms with van der Waals surface area (Å²) in [5, 5.41) is 7.42. The van der Waals surface area contributed by atoms with Gasteiger partial charge in [-0.1, -0.05) is 35.6 Å². The molecule has 2 heterocycles. The Bertz CT molecular complexity index is 1660. The Labute approximate surface area is 232 Å². The summed E-state index contributed by atoms with van der Waals surface area (Å²) >= 11 is 1.18. The van der Waals surface area contributed by atoms with Gasteiger partial charge in [0.05, 0.1) is 54.3 Å². The van der Waals surface area contributed by atoms with E-state index in [1.54, 1.807) is 61.5 Å². The number of aliphatic carboxylic acids is 1. The van der Waals surface area contributed by atoms with Crippen LogP contribution in [0.25, 0.3) is 6.08 Å². The summed E-state index contributed by atoms with van der Waals surface area (Å²) in [4.78, 5) is 63.8. The molecule has 2 aromatic carbocycles. The Kier molecular flexibility index (Phi) is 9.51. The van der Waals surface area contributed by atoms with E-state index in [4.69, 9.17) is 24.1 Å². The molecule has 0 spiro atoms. The van der Waals surface area contributed by atoms with Crippen LogP contribution < -0.4 is 14.9 Å². The maximum atomic E-state index is 13.6. The van der Waals surface area contributed by atoms with E-state index in [0.29, 0.717) is 37.3 Å². The number of benzene rings is 2. The first-order valence-corrected chi connectivity index (χ1v) is 12.5. The fourth-order valence-electron chi connectivity index (χ4n) is 3.91. The fourth-order valence-corrected chi connectivity index (χ4v) is 4.96. The van der Waals surface area contributed by atoms with Gasteiger partial charge in [-0.25, -0.2) is 19.4 Å². The molecule has 0 bridgehead atoms. The molecule has 0 amide bonds. The van der Waals surface area contributed by atoms with Crippen LogP contribution in [0.15, 0.2) is 69.6 Å². The molecule has 1 atom stereocenters. The van der Waals surface area contributed by atoms with Crippen molar-refractivity contribution >= 4 is 41.3 Å². The van der Waals surface area contributed by atoms with Gasteiger partial charge in [-0.05, 0) is 48.4 Å². The minimum atomic E-state index is -0.833. The number of thiazole rings is 1. The highest BCUT2D eigenvalue weighted by Gasteiger charge is 2.33. The number of ether oxygens (including phenoxy) is 3. The average Bonchev–Trinajstić information content (AvgIpc) is 3.25. The number of nitrogens with zero attached hydrogens (tertiary/aromatic N) is 2. The van der Waals surface area contributed by atoms with Gasteiger partial charge < -0.3 is 19.3 Å². The van der Waals surface area contributed by atoms with Crippen LogP contribution in [-0.2, 0) is 23.8 Å². The number of hydrogen-bond donors (Lipinski definition) is 1. The van der Waals surface area contributed by atoms with Gasteiger partial charge in [0.1, 0.15) is 0 Å². The predicted molar refractivity (Wildman–Crippen MR) is 145 cm³/mol. The Hall–Kier alpha value is -4.84. The maximum absolute atomic E-state index is 13.6. The Morgan fingerprint density at radius 1 is 0.875 bits per heavy atom. The van der Waals surface area contributed by atoms with Crippen molar-refractivity contribution in [2.75, 3.05) is 21.3 Å². The van der Waals surface area contributed by atoms with Gasteiger partial charge in [0.2, 0.25) is 0 Å². The molecule has 11 nitrogen and oxygen atoms in total. The van der Waals surface area contributed by atoms with Gasteiger partial charge in [0.25, 0.3) is 11.5 Å². The molecule has 1 aliphatic heterocycles. The van der Waals surface area contributed by atoms with Crippen molar-refractivity contribution in [1.82, 2.24) is 4.57 Å². The number of fused-ring (bicyclic) bond motifs is 1. The zero-order chi connectivity index (χ0) is 29.6. The van der Waals surface area contributed by atoms with E-state index < -0.39 is 29.9 Å². The van der Waals surface area contributed by atoms with Crippen LogP contribution >= 0.6 is 11.3 Å². The average molecular weight is 567 g/mol. The molecular formula is C28H26N2O9S. The van der Waals surface area contributed by atoms with Crippen LogP contribution in [0.3, 0.4) is 0 Å². The lowest BCUT2D eigenvalue weighted by atomic mass is 9.95. The first kappa shape index (κ1) is 29.7. The molecule has 1 N–H and O–H groups in total. The van der Waals surface area contributed by atoms with Crippen molar-refractivity contribution in [3.05, 3.63) is 102 Å². The number of esters is 3. The van der Waals surface area contributed by atoms with E-state index >= 15 is 0 Å². The summed E-state index contributed by atoms with van der Waals surface area (Å²) in [5.74, 6) is -2.39. The quantitative estimate of drug-likeness (QED) is 0.362. The zero-order valence-electron chi connectivity index (χ0n) is 22.3. The standard InChI is InChI=1S/C26H22N2O7S.C2H4O2/c1-14-20(25(32)35-4)21(16-9-11-18(12-10-16)24(31)34-3)28-22(29)19(36-26(28)27-14)13-15-5-7-17(8-6-15)23(30)33-2;1-2(3)4/h5-13,21H,1-4H3;1H3,(H,3,4). The lowest BCUT2D eigenvalue weighted by Crippen LogP contribution is -2.39. The van der Waals surface area contributed by atoms with Crippen LogP contribution in [0.5, 0.6) is 0 Å². The lowest BCUT2D eigenvalue weighted by molar-refractivity contribution is -0.137. The number of carbonyl (C=O) groups excluding carboxylic acids is 3. The van der Waals surface area contributed by atoms with E-state index in [1.807, 2.05) is 0 Å². The van der Waals surface area contributed by atoms with Gasteiger partial charge in [-0.2, -0.15) is 0 Å². The number of methoxy groups -OCH3 is 3. The van der Waals surface area contributed by atoms with Gasteiger partial charge in [-0.3, -0.25) is 14.2 Å². The monoisotopic (exact) mass is 566 g/mol. The molecule has 12 heteroatoms. The van der Waals surface area contributed by atoms with Gasteiger partial charge in [0.15, 0.2) is 4.80 Å². The molecule has 0 fully saturated rings. The van der Waals surface area contributed by atoms with Crippen molar-refractivity contribution in [2.24, 2.45) is 4.99 Å². The highest BCUT2D eigenvalue weighted by atomic mass is 32.1. The van der Waals surface area contributed by atoms with E-state index in [2.05, 4.69) is 4.99 Å². The van der Waals surface area contributed by atoms with Crippen molar-refractivity contribution in [1.29, 1.82) is 0 Å². The Balaban J connectivity index is 0.00000103. The first-order valence-electron chi connectivity index (χ1n) is 11.7. The van der Waals surface area contributed by atoms with E-state index in [1.165, 1.54) is 37.2 Å². The minimum absolute atomic E-state index is 0.227. The highest BCUT2D eigenvalue weighted by Crippen LogP contribution is 2.30. The third-order valence-electron chi connectivity index (χ3n) is 5.70. The second kappa shape index (κ2) is 12.8. The smallest absolute Gasteiger partial charge is 0.338 e. The van der Waals surface area contributed by atoms with E-state index in [0.717, 1.165) is 6.92 Å². The number of rotatable bonds is 5. The summed E-state index contributed by atoms with van der Waals surface area (Å²) in [6, 6.07) is 12.3. The van der Waals surface area contributed by atoms with Crippen molar-refractivity contribution in [3.63, 3.8) is 0 Å². The number of carboxylic acid groups (broad SMARTS) is 1. The third kappa shape index (κ3) is 6.41. The van der Waals surface area contributed by atoms with Crippen molar-refractivity contribution in [2.45, 2.75) is 19.9 Å². The van der Waals surface area contributed by atoms with Gasteiger partial charge >= 0.3 is 17.9 Å². The summed E-state index contributed by atoms with van der Waals surface area (Å²) in [7, 11) is 3.86. The Morgan fingerprint density at radius 3 is 1.82 bits per heavy atom. The number of carbonyl (C=O) groups is 4. The number of allylic oxidation sites excluding steroid dienone is 1. The molecule has 208 valence electrons. The van der Waals surface area contributed by atoms with E-state index in [9.17, 15) is 19.2 Å². The molecule has 0 aliphatic carbocycles. The molecule has 40 heavy (non-hydrogen) atoms. The molecule has 4 rings (SSSR count). The molecule has 1 aromatic heterocycles. The minimum Gasteiger partial charge on any atom is -0.481 e. The number of carboxylic acids is 1. The molecule has 3 aromatic rings. The lowest BCUT2D eigenvalue weighted by Gasteiger charge is -2.24. The molecule has 1 aliphatic rings. The summed E-state index contributed by atoms with van der Waals surface area (Å²) in [5.41, 5.74) is 2.35. The van der Waals surface area contributed by atoms with Gasteiger partial charge in [-0.15, -0.1) is 0 Å². The largest absolute Gasteiger partial charge is 0.481 e. The summed E-state index contributed by atoms with van der Waals surface area (Å²) in [6.07, 6.45) is 1.69. The van der Waals surface area contributed by atoms with Crippen molar-refractivity contribution in [3.8, 4) is 0 Å². The Morgan fingerprint density at radius 2 is 1.35 bits per heavy atom. The third-order valence-corrected chi connectivity index (χ3v) is 6.69. The van der Waals surface area contributed by atoms with Gasteiger partial charge in [0, 0.05) is 6.92 Å². The SMILES string of the molecule is CC(=O)O.COC(=O)C1=C(C)N=c2sc(=Cc3ccc(C(=O)OC)cc3)c(=O)n2C1c1ccc(C(=O)OC)cc1.